The summed E-state index contributed by atoms with van der Waals surface area (Å²) in [5.41, 5.74) is 2.57. The molecule has 1 atom stereocenters. The van der Waals surface area contributed by atoms with E-state index in [0.717, 1.165) is 15.9 Å². The number of hydrogen-bond donors (Lipinski definition) is 1. The minimum Gasteiger partial charge on any atom is -0.388 e. The molecular formula is C14H16BrFN2O. The first kappa shape index (κ1) is 14.2. The van der Waals surface area contributed by atoms with Crippen molar-refractivity contribution in [1.29, 1.82) is 0 Å². The van der Waals surface area contributed by atoms with Crippen molar-refractivity contribution < 1.29 is 9.50 Å². The number of aryl methyl sites for hydroxylation is 3. The zero-order valence-corrected chi connectivity index (χ0v) is 12.7. The molecule has 19 heavy (non-hydrogen) atoms. The highest BCUT2D eigenvalue weighted by atomic mass is 79.9. The summed E-state index contributed by atoms with van der Waals surface area (Å²) in [5.74, 6) is -0.343. The predicted molar refractivity (Wildman–Crippen MR) is 75.4 cm³/mol. The van der Waals surface area contributed by atoms with Crippen LogP contribution in [0.3, 0.4) is 0 Å². The summed E-state index contributed by atoms with van der Waals surface area (Å²) in [4.78, 5) is 0. The zero-order valence-electron chi connectivity index (χ0n) is 11.1. The molecule has 1 aromatic carbocycles. The maximum absolute atomic E-state index is 14.0. The summed E-state index contributed by atoms with van der Waals surface area (Å²) in [6.45, 7) is 3.57. The molecule has 0 aliphatic rings. The number of rotatable bonds is 3. The van der Waals surface area contributed by atoms with E-state index in [1.807, 2.05) is 14.0 Å². The number of hydrogen-bond acceptors (Lipinski definition) is 2. The van der Waals surface area contributed by atoms with Crippen LogP contribution in [0.2, 0.25) is 0 Å². The van der Waals surface area contributed by atoms with Crippen LogP contribution in [-0.2, 0) is 13.5 Å². The third kappa shape index (κ3) is 2.72. The van der Waals surface area contributed by atoms with E-state index in [1.165, 1.54) is 0 Å². The van der Waals surface area contributed by atoms with E-state index in [0.29, 0.717) is 17.5 Å². The van der Waals surface area contributed by atoms with Crippen molar-refractivity contribution in [2.75, 3.05) is 0 Å². The van der Waals surface area contributed by atoms with Crippen LogP contribution >= 0.6 is 15.9 Å². The molecule has 1 N–H and O–H groups in total. The van der Waals surface area contributed by atoms with Crippen LogP contribution in [0.4, 0.5) is 4.39 Å². The fraction of sp³-hybridized carbons (Fsp3) is 0.357. The van der Waals surface area contributed by atoms with E-state index in [4.69, 9.17) is 0 Å². The lowest BCUT2D eigenvalue weighted by Gasteiger charge is -2.13. The highest BCUT2D eigenvalue weighted by molar-refractivity contribution is 9.10. The van der Waals surface area contributed by atoms with Gasteiger partial charge in [-0.25, -0.2) is 4.39 Å². The van der Waals surface area contributed by atoms with Gasteiger partial charge >= 0.3 is 0 Å². The van der Waals surface area contributed by atoms with Crippen molar-refractivity contribution in [1.82, 2.24) is 9.78 Å². The molecule has 1 heterocycles. The highest BCUT2D eigenvalue weighted by Crippen LogP contribution is 2.27. The third-order valence-electron chi connectivity index (χ3n) is 3.23. The molecule has 0 spiro atoms. The molecule has 0 aliphatic carbocycles. The second-order valence-electron chi connectivity index (χ2n) is 4.67. The Morgan fingerprint density at radius 1 is 1.42 bits per heavy atom. The Morgan fingerprint density at radius 3 is 2.68 bits per heavy atom. The molecule has 102 valence electrons. The van der Waals surface area contributed by atoms with E-state index in [-0.39, 0.29) is 5.82 Å². The van der Waals surface area contributed by atoms with Crippen LogP contribution in [-0.4, -0.2) is 14.9 Å². The highest BCUT2D eigenvalue weighted by Gasteiger charge is 2.19. The van der Waals surface area contributed by atoms with Gasteiger partial charge in [0.25, 0.3) is 0 Å². The lowest BCUT2D eigenvalue weighted by atomic mass is 10.0. The molecule has 1 aromatic heterocycles. The molecule has 0 saturated carbocycles. The largest absolute Gasteiger partial charge is 0.388 e. The van der Waals surface area contributed by atoms with Gasteiger partial charge in [0.2, 0.25) is 0 Å². The predicted octanol–water partition coefficient (Wildman–Crippen LogP) is 3.21. The summed E-state index contributed by atoms with van der Waals surface area (Å²) in [6.07, 6.45) is -0.566. The van der Waals surface area contributed by atoms with Crippen molar-refractivity contribution >= 4 is 15.9 Å². The molecule has 1 unspecified atom stereocenters. The van der Waals surface area contributed by atoms with Crippen molar-refractivity contribution in [3.63, 3.8) is 0 Å². The van der Waals surface area contributed by atoms with Gasteiger partial charge in [-0.1, -0.05) is 18.2 Å². The Hall–Kier alpha value is -1.20. The molecule has 5 heteroatoms. The summed E-state index contributed by atoms with van der Waals surface area (Å²) in [5, 5.41) is 14.5. The van der Waals surface area contributed by atoms with Gasteiger partial charge in [0.1, 0.15) is 5.82 Å². The number of aromatic nitrogens is 2. The fourth-order valence-electron chi connectivity index (χ4n) is 2.12. The second kappa shape index (κ2) is 5.43. The van der Waals surface area contributed by atoms with Crippen molar-refractivity contribution in [3.05, 3.63) is 51.0 Å². The normalized spacial score (nSPS) is 12.7. The number of aliphatic hydroxyl groups is 1. The molecule has 0 bridgehead atoms. The van der Waals surface area contributed by atoms with Crippen LogP contribution in [0.25, 0.3) is 0 Å². The van der Waals surface area contributed by atoms with Crippen molar-refractivity contribution in [3.8, 4) is 0 Å². The zero-order chi connectivity index (χ0) is 14.2. The van der Waals surface area contributed by atoms with Gasteiger partial charge in [-0.15, -0.1) is 0 Å². The van der Waals surface area contributed by atoms with Gasteiger partial charge in [0.05, 0.1) is 22.0 Å². The minimum atomic E-state index is -0.883. The smallest absolute Gasteiger partial charge is 0.131 e. The van der Waals surface area contributed by atoms with Crippen LogP contribution in [0.15, 0.2) is 22.7 Å². The monoisotopic (exact) mass is 326 g/mol. The van der Waals surface area contributed by atoms with E-state index < -0.39 is 6.10 Å². The number of halogens is 2. The molecule has 0 saturated heterocycles. The van der Waals surface area contributed by atoms with Gasteiger partial charge in [-0.3, -0.25) is 4.68 Å². The van der Waals surface area contributed by atoms with Crippen molar-refractivity contribution in [2.24, 2.45) is 7.05 Å². The van der Waals surface area contributed by atoms with Crippen LogP contribution in [0.1, 0.15) is 28.6 Å². The quantitative estimate of drug-likeness (QED) is 0.940. The van der Waals surface area contributed by atoms with Crippen LogP contribution < -0.4 is 0 Å². The number of aliphatic hydroxyl groups excluding tert-OH is 1. The first-order valence-electron chi connectivity index (χ1n) is 6.03. The fourth-order valence-corrected chi connectivity index (χ4v) is 2.62. The van der Waals surface area contributed by atoms with E-state index in [9.17, 15) is 9.50 Å². The van der Waals surface area contributed by atoms with Crippen LogP contribution in [0.5, 0.6) is 0 Å². The first-order valence-corrected chi connectivity index (χ1v) is 6.82. The van der Waals surface area contributed by atoms with Gasteiger partial charge in [-0.05, 0) is 35.3 Å². The molecule has 0 aliphatic heterocycles. The lowest BCUT2D eigenvalue weighted by molar-refractivity contribution is 0.170. The SMILES string of the molecule is Cc1cccc(C(O)Cc2c(Br)c(C)nn2C)c1F. The molecular weight excluding hydrogens is 311 g/mol. The average Bonchev–Trinajstić information content (AvgIpc) is 2.59. The maximum Gasteiger partial charge on any atom is 0.131 e. The first-order chi connectivity index (χ1) is 8.91. The summed E-state index contributed by atoms with van der Waals surface area (Å²) < 4.78 is 16.5. The van der Waals surface area contributed by atoms with Gasteiger partial charge < -0.3 is 5.11 Å². The molecule has 0 amide bonds. The molecule has 2 aromatic rings. The Kier molecular flexibility index (Phi) is 4.06. The average molecular weight is 327 g/mol. The number of benzene rings is 1. The van der Waals surface area contributed by atoms with Gasteiger partial charge in [-0.2, -0.15) is 5.10 Å². The standard InChI is InChI=1S/C14H16BrFN2O/c1-8-5-4-6-10(14(8)16)12(19)7-11-13(15)9(2)17-18(11)3/h4-6,12,19H,7H2,1-3H3. The second-order valence-corrected chi connectivity index (χ2v) is 5.46. The Morgan fingerprint density at radius 2 is 2.11 bits per heavy atom. The molecule has 3 nitrogen and oxygen atoms in total. The minimum absolute atomic E-state index is 0.318. The van der Waals surface area contributed by atoms with Crippen LogP contribution in [0, 0.1) is 19.7 Å². The Labute approximate surface area is 120 Å². The van der Waals surface area contributed by atoms with Crippen molar-refractivity contribution in [2.45, 2.75) is 26.4 Å². The third-order valence-corrected chi connectivity index (χ3v) is 4.26. The van der Waals surface area contributed by atoms with E-state index in [2.05, 4.69) is 21.0 Å². The maximum atomic E-state index is 14.0. The molecule has 2 rings (SSSR count). The Bertz CT molecular complexity index is 610. The topological polar surface area (TPSA) is 38.1 Å². The Balaban J connectivity index is 2.31. The summed E-state index contributed by atoms with van der Waals surface area (Å²) in [7, 11) is 1.81. The van der Waals surface area contributed by atoms with E-state index in [1.54, 1.807) is 29.8 Å². The molecule has 0 radical (unpaired) electrons. The van der Waals surface area contributed by atoms with Gasteiger partial charge in [0, 0.05) is 19.0 Å². The lowest BCUT2D eigenvalue weighted by Crippen LogP contribution is -2.09. The molecule has 0 fully saturated rings. The summed E-state index contributed by atoms with van der Waals surface area (Å²) in [6, 6.07) is 5.06. The number of nitrogens with zero attached hydrogens (tertiary/aromatic N) is 2. The van der Waals surface area contributed by atoms with E-state index >= 15 is 0 Å². The summed E-state index contributed by atoms with van der Waals surface area (Å²) >= 11 is 3.45. The van der Waals surface area contributed by atoms with Gasteiger partial charge in [0.15, 0.2) is 0 Å².